The summed E-state index contributed by atoms with van der Waals surface area (Å²) in [5, 5.41) is 0. The molecular formula is C41H68O10. The molecule has 6 rings (SSSR count). The third-order valence-corrected chi connectivity index (χ3v) is 12.4. The second-order valence-electron chi connectivity index (χ2n) is 15.8. The van der Waals surface area contributed by atoms with Crippen molar-refractivity contribution in [2.24, 2.45) is 40.9 Å². The van der Waals surface area contributed by atoms with E-state index in [1.165, 1.54) is 0 Å². The minimum Gasteiger partial charge on any atom is -0.463 e. The van der Waals surface area contributed by atoms with Gasteiger partial charge in [0.25, 0.3) is 0 Å². The van der Waals surface area contributed by atoms with Gasteiger partial charge < -0.3 is 28.4 Å². The maximum absolute atomic E-state index is 13.3. The van der Waals surface area contributed by atoms with Gasteiger partial charge in [0.2, 0.25) is 0 Å². The highest BCUT2D eigenvalue weighted by molar-refractivity contribution is 5.83. The fraction of sp³-hybridized carbons (Fsp3) is 0.902. The summed E-state index contributed by atoms with van der Waals surface area (Å²) in [5.41, 5.74) is 0.136. The van der Waals surface area contributed by atoms with Crippen LogP contribution in [-0.2, 0) is 47.6 Å². The maximum atomic E-state index is 13.3. The third kappa shape index (κ3) is 11.9. The molecule has 0 radical (unpaired) electrons. The first-order chi connectivity index (χ1) is 24.7. The van der Waals surface area contributed by atoms with Crippen LogP contribution in [0.25, 0.3) is 0 Å². The molecular weight excluding hydrogens is 652 g/mol. The molecule has 0 amide bonds. The first-order valence-corrected chi connectivity index (χ1v) is 20.7. The molecule has 2 heterocycles. The van der Waals surface area contributed by atoms with Crippen LogP contribution in [0.3, 0.4) is 0 Å². The third-order valence-electron chi connectivity index (χ3n) is 12.4. The fourth-order valence-electron chi connectivity index (χ4n) is 8.97. The first-order valence-electron chi connectivity index (χ1n) is 20.7. The molecule has 51 heavy (non-hydrogen) atoms. The lowest BCUT2D eigenvalue weighted by Gasteiger charge is -2.46. The standard InChI is InChI=1S/C37H56O10.2C2H6/c1-37(2,23-11-15-25(16-12-23)46-35(40)31-9-5-3-7-29(31)33(38)44-21-27-19-42-27)24-13-17-26(18-14-24)47-36(41)32-10-6-4-8-30(32)34(39)45-22-28-20-43-28;2*1-2/h23-32H,3-22H2,1-2H3;2*1-2H3. The number of hydrogen-bond acceptors (Lipinski definition) is 10. The summed E-state index contributed by atoms with van der Waals surface area (Å²) in [6.45, 7) is 14.6. The van der Waals surface area contributed by atoms with Crippen LogP contribution in [0.5, 0.6) is 0 Å². The van der Waals surface area contributed by atoms with Crippen molar-refractivity contribution in [1.82, 2.24) is 0 Å². The van der Waals surface area contributed by atoms with Crippen molar-refractivity contribution >= 4 is 23.9 Å². The quantitative estimate of drug-likeness (QED) is 0.112. The van der Waals surface area contributed by atoms with Gasteiger partial charge in [0.15, 0.2) is 0 Å². The highest BCUT2D eigenvalue weighted by Gasteiger charge is 2.44. The van der Waals surface area contributed by atoms with E-state index in [9.17, 15) is 19.2 Å². The number of carbonyl (C=O) groups excluding carboxylic acids is 4. The van der Waals surface area contributed by atoms with E-state index < -0.39 is 23.7 Å². The van der Waals surface area contributed by atoms with Crippen LogP contribution in [0.2, 0.25) is 0 Å². The van der Waals surface area contributed by atoms with E-state index in [4.69, 9.17) is 28.4 Å². The van der Waals surface area contributed by atoms with Gasteiger partial charge in [-0.1, -0.05) is 67.2 Å². The van der Waals surface area contributed by atoms with Crippen molar-refractivity contribution in [3.8, 4) is 0 Å². The molecule has 4 saturated carbocycles. The fourth-order valence-corrected chi connectivity index (χ4v) is 8.97. The van der Waals surface area contributed by atoms with E-state index >= 15 is 0 Å². The largest absolute Gasteiger partial charge is 0.463 e. The molecule has 0 aromatic carbocycles. The number of carbonyl (C=O) groups is 4. The lowest BCUT2D eigenvalue weighted by molar-refractivity contribution is -0.168. The predicted octanol–water partition coefficient (Wildman–Crippen LogP) is 7.77. The topological polar surface area (TPSA) is 130 Å². The monoisotopic (exact) mass is 720 g/mol. The average molecular weight is 721 g/mol. The molecule has 4 aliphatic carbocycles. The van der Waals surface area contributed by atoms with E-state index in [1.807, 2.05) is 27.7 Å². The molecule has 0 bridgehead atoms. The van der Waals surface area contributed by atoms with Gasteiger partial charge in [-0.25, -0.2) is 0 Å². The molecule has 292 valence electrons. The van der Waals surface area contributed by atoms with E-state index in [1.54, 1.807) is 0 Å². The molecule has 6 atom stereocenters. The van der Waals surface area contributed by atoms with Crippen LogP contribution in [0.15, 0.2) is 0 Å². The van der Waals surface area contributed by atoms with Crippen molar-refractivity contribution in [2.45, 2.75) is 169 Å². The van der Waals surface area contributed by atoms with Gasteiger partial charge >= 0.3 is 23.9 Å². The van der Waals surface area contributed by atoms with Crippen LogP contribution >= 0.6 is 0 Å². The van der Waals surface area contributed by atoms with Crippen LogP contribution in [-0.4, -0.2) is 74.7 Å². The van der Waals surface area contributed by atoms with Crippen LogP contribution in [0.4, 0.5) is 0 Å². The number of ether oxygens (including phenoxy) is 6. The van der Waals surface area contributed by atoms with Crippen molar-refractivity contribution in [2.75, 3.05) is 26.4 Å². The molecule has 0 spiro atoms. The van der Waals surface area contributed by atoms with Crippen LogP contribution in [0, 0.1) is 40.9 Å². The highest BCUT2D eigenvalue weighted by Crippen LogP contribution is 2.49. The first kappa shape index (κ1) is 41.6. The van der Waals surface area contributed by atoms with E-state index in [-0.39, 0.29) is 66.9 Å². The van der Waals surface area contributed by atoms with Crippen LogP contribution < -0.4 is 0 Å². The minimum absolute atomic E-state index is 0.0193. The predicted molar refractivity (Wildman–Crippen MR) is 192 cm³/mol. The second kappa shape index (κ2) is 20.3. The van der Waals surface area contributed by atoms with Gasteiger partial charge in [0.05, 0.1) is 36.9 Å². The summed E-state index contributed by atoms with van der Waals surface area (Å²) in [7, 11) is 0. The molecule has 0 N–H and O–H groups in total. The molecule has 6 unspecified atom stereocenters. The number of hydrogen-bond donors (Lipinski definition) is 0. The maximum Gasteiger partial charge on any atom is 0.310 e. The zero-order valence-corrected chi connectivity index (χ0v) is 32.5. The summed E-state index contributed by atoms with van der Waals surface area (Å²) < 4.78 is 33.3. The summed E-state index contributed by atoms with van der Waals surface area (Å²) in [6, 6.07) is 0. The summed E-state index contributed by atoms with van der Waals surface area (Å²) in [4.78, 5) is 52.0. The smallest absolute Gasteiger partial charge is 0.310 e. The van der Waals surface area contributed by atoms with Gasteiger partial charge in [-0.2, -0.15) is 0 Å². The van der Waals surface area contributed by atoms with Crippen molar-refractivity contribution in [3.05, 3.63) is 0 Å². The Kier molecular flexibility index (Phi) is 16.5. The highest BCUT2D eigenvalue weighted by atomic mass is 16.6. The SMILES string of the molecule is CC.CC.CC(C)(C1CCC(OC(=O)C2CCCCC2C(=O)OCC2CO2)CC1)C1CCC(OC(=O)C2CCCCC2C(=O)OCC2CO2)CC1. The molecule has 10 nitrogen and oxygen atoms in total. The van der Waals surface area contributed by atoms with Crippen molar-refractivity contribution < 1.29 is 47.6 Å². The minimum atomic E-state index is -0.409. The molecule has 0 aromatic heterocycles. The average Bonchev–Trinajstić information content (AvgIpc) is 4.11. The lowest BCUT2D eigenvalue weighted by Crippen LogP contribution is -2.41. The molecule has 2 saturated heterocycles. The van der Waals surface area contributed by atoms with Crippen molar-refractivity contribution in [3.63, 3.8) is 0 Å². The van der Waals surface area contributed by atoms with Gasteiger partial charge in [-0.05, 0) is 94.3 Å². The van der Waals surface area contributed by atoms with Gasteiger partial charge in [0, 0.05) is 0 Å². The number of epoxide rings is 2. The van der Waals surface area contributed by atoms with E-state index in [0.717, 1.165) is 77.0 Å². The Bertz CT molecular complexity index is 1010. The zero-order valence-electron chi connectivity index (χ0n) is 32.5. The molecule has 2 aliphatic heterocycles. The molecule has 6 aliphatic rings. The Balaban J connectivity index is 0.00000141. The Labute approximate surface area is 307 Å². The Morgan fingerprint density at radius 1 is 0.490 bits per heavy atom. The van der Waals surface area contributed by atoms with E-state index in [0.29, 0.717) is 50.7 Å². The molecule has 6 fully saturated rings. The Morgan fingerprint density at radius 2 is 0.784 bits per heavy atom. The molecule has 10 heteroatoms. The number of rotatable bonds is 12. The van der Waals surface area contributed by atoms with Gasteiger partial charge in [-0.15, -0.1) is 0 Å². The van der Waals surface area contributed by atoms with Gasteiger partial charge in [0.1, 0.15) is 37.6 Å². The van der Waals surface area contributed by atoms with Gasteiger partial charge in [-0.3, -0.25) is 19.2 Å². The van der Waals surface area contributed by atoms with Crippen molar-refractivity contribution in [1.29, 1.82) is 0 Å². The van der Waals surface area contributed by atoms with Crippen LogP contribution in [0.1, 0.15) is 144 Å². The zero-order chi connectivity index (χ0) is 37.0. The summed E-state index contributed by atoms with van der Waals surface area (Å²) in [6.07, 6.45) is 13.8. The lowest BCUT2D eigenvalue weighted by atomic mass is 9.60. The number of esters is 4. The Hall–Kier alpha value is -2.20. The normalized spacial score (nSPS) is 34.5. The van der Waals surface area contributed by atoms with E-state index in [2.05, 4.69) is 13.8 Å². The summed E-state index contributed by atoms with van der Waals surface area (Å²) in [5.74, 6) is -1.57. The molecule has 0 aromatic rings. The Morgan fingerprint density at radius 3 is 1.08 bits per heavy atom. The summed E-state index contributed by atoms with van der Waals surface area (Å²) >= 11 is 0. The second-order valence-corrected chi connectivity index (χ2v) is 15.8.